The van der Waals surface area contributed by atoms with Crippen molar-refractivity contribution < 1.29 is 28.7 Å². The van der Waals surface area contributed by atoms with Crippen LogP contribution < -0.4 is 16.2 Å². The van der Waals surface area contributed by atoms with Gasteiger partial charge in [0.05, 0.1) is 34.4 Å². The lowest BCUT2D eigenvalue weighted by Gasteiger charge is -2.19. The molecule has 5 rings (SSSR count). The first-order valence-corrected chi connectivity index (χ1v) is 14.3. The Balaban J connectivity index is 1.32. The van der Waals surface area contributed by atoms with Crippen LogP contribution in [0.2, 0.25) is 10.0 Å². The first-order valence-electron chi connectivity index (χ1n) is 13.5. The average Bonchev–Trinajstić information content (AvgIpc) is 3.65. The summed E-state index contributed by atoms with van der Waals surface area (Å²) in [4.78, 5) is 72.3. The molecule has 2 aromatic heterocycles. The number of halogens is 2. The number of fused-ring (bicyclic) bond motifs is 1. The van der Waals surface area contributed by atoms with Gasteiger partial charge in [0.2, 0.25) is 17.6 Å². The van der Waals surface area contributed by atoms with E-state index in [0.717, 1.165) is 10.1 Å². The number of oxazole rings is 1. The van der Waals surface area contributed by atoms with Crippen LogP contribution in [0.4, 0.5) is 5.69 Å². The Morgan fingerprint density at radius 2 is 1.75 bits per heavy atom. The molecule has 1 aliphatic heterocycles. The second kappa shape index (κ2) is 13.2. The fourth-order valence-corrected chi connectivity index (χ4v) is 5.48. The zero-order chi connectivity index (χ0) is 31.4. The summed E-state index contributed by atoms with van der Waals surface area (Å²) >= 11 is 12.4. The summed E-state index contributed by atoms with van der Waals surface area (Å²) in [6, 6.07) is 11.5. The Labute approximate surface area is 260 Å². The summed E-state index contributed by atoms with van der Waals surface area (Å²) in [5.74, 6) is -3.52. The van der Waals surface area contributed by atoms with Gasteiger partial charge in [-0.1, -0.05) is 59.6 Å². The fourth-order valence-electron chi connectivity index (χ4n) is 4.89. The number of aryl methyl sites for hydroxylation is 2. The molecule has 226 valence electrons. The molecule has 0 saturated carbocycles. The predicted molar refractivity (Wildman–Crippen MR) is 160 cm³/mol. The zero-order valence-corrected chi connectivity index (χ0v) is 24.5. The topological polar surface area (TPSA) is 173 Å². The zero-order valence-electron chi connectivity index (χ0n) is 23.0. The Hall–Kier alpha value is -4.81. The van der Waals surface area contributed by atoms with Gasteiger partial charge in [0, 0.05) is 12.8 Å². The van der Waals surface area contributed by atoms with Crippen molar-refractivity contribution in [1.82, 2.24) is 19.9 Å². The molecule has 0 fully saturated rings. The number of anilines is 1. The Bertz CT molecular complexity index is 1780. The maximum absolute atomic E-state index is 13.4. The van der Waals surface area contributed by atoms with Crippen molar-refractivity contribution in [3.05, 3.63) is 98.6 Å². The van der Waals surface area contributed by atoms with E-state index in [9.17, 15) is 29.1 Å². The van der Waals surface area contributed by atoms with Gasteiger partial charge in [-0.05, 0) is 30.5 Å². The summed E-state index contributed by atoms with van der Waals surface area (Å²) in [6.45, 7) is 0. The third kappa shape index (κ3) is 6.71. The standard InChI is InChI=1S/C30H25Cl2N5O7/c31-17-7-4-8-18(32)26(17)22-15-34-29(44-22)27(41)19(13-25(39)40)36-28(42)21-10-11-23-33-14-20(30(43)37(21)23)35-24(38)12-9-16-5-2-1-3-6-16/h1-8,14-15,19,21H,9-13H2,(H,35,38)(H,36,42)(H,39,40). The number of nitrogens with one attached hydrogen (secondary N) is 2. The number of rotatable bonds is 11. The van der Waals surface area contributed by atoms with Gasteiger partial charge in [0.15, 0.2) is 5.76 Å². The number of hydrogen-bond acceptors (Lipinski definition) is 8. The number of aromatic nitrogens is 3. The lowest BCUT2D eigenvalue weighted by Crippen LogP contribution is -2.46. The van der Waals surface area contributed by atoms with Crippen molar-refractivity contribution in [2.24, 2.45) is 0 Å². The maximum atomic E-state index is 13.4. The molecule has 1 aliphatic rings. The summed E-state index contributed by atoms with van der Waals surface area (Å²) in [6.07, 6.45) is 2.72. The molecule has 14 heteroatoms. The van der Waals surface area contributed by atoms with Crippen LogP contribution in [0.25, 0.3) is 11.3 Å². The summed E-state index contributed by atoms with van der Waals surface area (Å²) < 4.78 is 6.71. The minimum Gasteiger partial charge on any atom is -0.481 e. The van der Waals surface area contributed by atoms with Crippen LogP contribution in [0.3, 0.4) is 0 Å². The minimum atomic E-state index is -1.57. The van der Waals surface area contributed by atoms with Crippen LogP contribution in [0, 0.1) is 0 Å². The van der Waals surface area contributed by atoms with Crippen molar-refractivity contribution in [2.75, 3.05) is 5.32 Å². The van der Waals surface area contributed by atoms with E-state index in [1.165, 1.54) is 12.4 Å². The lowest BCUT2D eigenvalue weighted by atomic mass is 10.1. The van der Waals surface area contributed by atoms with Gasteiger partial charge >= 0.3 is 5.97 Å². The SMILES string of the molecule is O=C(O)CC(NC(=O)C1CCc2ncc(NC(=O)CCc3ccccc3)c(=O)n21)C(=O)c1ncc(-c2c(Cl)cccc2Cl)o1. The van der Waals surface area contributed by atoms with Gasteiger partial charge < -0.3 is 20.2 Å². The molecule has 2 aromatic carbocycles. The number of carbonyl (C=O) groups is 4. The molecule has 2 amide bonds. The highest BCUT2D eigenvalue weighted by Crippen LogP contribution is 2.35. The number of carbonyl (C=O) groups excluding carboxylic acids is 3. The van der Waals surface area contributed by atoms with Gasteiger partial charge in [-0.2, -0.15) is 0 Å². The van der Waals surface area contributed by atoms with Gasteiger partial charge in [-0.3, -0.25) is 28.5 Å². The third-order valence-corrected chi connectivity index (χ3v) is 7.65. The summed E-state index contributed by atoms with van der Waals surface area (Å²) in [5.41, 5.74) is 0.506. The van der Waals surface area contributed by atoms with Crippen LogP contribution in [-0.2, 0) is 27.2 Å². The molecule has 2 atom stereocenters. The van der Waals surface area contributed by atoms with Crippen LogP contribution in [0.15, 0.2) is 70.1 Å². The number of aliphatic carboxylic acids is 1. The molecule has 3 N–H and O–H groups in total. The minimum absolute atomic E-state index is 0.0741. The normalized spacial score (nSPS) is 14.5. The number of nitrogens with zero attached hydrogens (tertiary/aromatic N) is 3. The van der Waals surface area contributed by atoms with Crippen LogP contribution in [0.5, 0.6) is 0 Å². The Morgan fingerprint density at radius 3 is 2.45 bits per heavy atom. The lowest BCUT2D eigenvalue weighted by molar-refractivity contribution is -0.137. The molecular weight excluding hydrogens is 613 g/mol. The number of amides is 2. The molecule has 12 nitrogen and oxygen atoms in total. The van der Waals surface area contributed by atoms with Crippen molar-refractivity contribution in [2.45, 2.75) is 44.2 Å². The monoisotopic (exact) mass is 637 g/mol. The van der Waals surface area contributed by atoms with Crippen molar-refractivity contribution in [1.29, 1.82) is 0 Å². The predicted octanol–water partition coefficient (Wildman–Crippen LogP) is 4.11. The largest absolute Gasteiger partial charge is 0.481 e. The second-order valence-corrected chi connectivity index (χ2v) is 10.8. The number of hydrogen-bond donors (Lipinski definition) is 3. The van der Waals surface area contributed by atoms with Gasteiger partial charge in [-0.15, -0.1) is 0 Å². The van der Waals surface area contributed by atoms with E-state index in [4.69, 9.17) is 27.6 Å². The Morgan fingerprint density at radius 1 is 1.02 bits per heavy atom. The van der Waals surface area contributed by atoms with E-state index in [1.807, 2.05) is 30.3 Å². The van der Waals surface area contributed by atoms with Gasteiger partial charge in [-0.25, -0.2) is 9.97 Å². The van der Waals surface area contributed by atoms with Crippen LogP contribution in [-0.4, -0.2) is 49.3 Å². The Kier molecular flexibility index (Phi) is 9.21. The highest BCUT2D eigenvalue weighted by atomic mass is 35.5. The van der Waals surface area contributed by atoms with Crippen molar-refractivity contribution in [3.63, 3.8) is 0 Å². The van der Waals surface area contributed by atoms with E-state index < -0.39 is 53.5 Å². The summed E-state index contributed by atoms with van der Waals surface area (Å²) in [5, 5.41) is 14.9. The van der Waals surface area contributed by atoms with Gasteiger partial charge in [0.1, 0.15) is 23.6 Å². The van der Waals surface area contributed by atoms with Crippen molar-refractivity contribution >= 4 is 52.5 Å². The number of Topliss-reactive ketones (excluding diaryl/α,β-unsaturated/α-hetero) is 1. The van der Waals surface area contributed by atoms with Gasteiger partial charge in [0.25, 0.3) is 11.4 Å². The van der Waals surface area contributed by atoms with Crippen molar-refractivity contribution in [3.8, 4) is 11.3 Å². The smallest absolute Gasteiger partial charge is 0.305 e. The number of carboxylic acid groups (broad SMARTS) is 1. The van der Waals surface area contributed by atoms with E-state index in [0.29, 0.717) is 17.8 Å². The molecule has 0 aliphatic carbocycles. The van der Waals surface area contributed by atoms with E-state index >= 15 is 0 Å². The highest BCUT2D eigenvalue weighted by Gasteiger charge is 2.35. The number of benzene rings is 2. The molecule has 2 unspecified atom stereocenters. The molecule has 44 heavy (non-hydrogen) atoms. The second-order valence-electron chi connectivity index (χ2n) is 10.0. The molecular formula is C30H25Cl2N5O7. The molecule has 4 aromatic rings. The maximum Gasteiger partial charge on any atom is 0.305 e. The van der Waals surface area contributed by atoms with E-state index in [2.05, 4.69) is 20.6 Å². The van der Waals surface area contributed by atoms with Crippen LogP contribution in [0.1, 0.15) is 47.4 Å². The molecule has 3 heterocycles. The first kappa shape index (κ1) is 30.6. The quantitative estimate of drug-likeness (QED) is 0.204. The van der Waals surface area contributed by atoms with E-state index in [-0.39, 0.29) is 40.8 Å². The number of carboxylic acids is 1. The number of ketones is 1. The molecule has 0 radical (unpaired) electrons. The molecule has 0 bridgehead atoms. The summed E-state index contributed by atoms with van der Waals surface area (Å²) in [7, 11) is 0. The molecule has 0 saturated heterocycles. The van der Waals surface area contributed by atoms with Crippen LogP contribution >= 0.6 is 23.2 Å². The average molecular weight is 638 g/mol. The highest BCUT2D eigenvalue weighted by molar-refractivity contribution is 6.39. The first-order chi connectivity index (χ1) is 21.1. The van der Waals surface area contributed by atoms with E-state index in [1.54, 1.807) is 18.2 Å². The third-order valence-electron chi connectivity index (χ3n) is 7.02. The fraction of sp³-hybridized carbons (Fsp3) is 0.233. The molecule has 0 spiro atoms.